The summed E-state index contributed by atoms with van der Waals surface area (Å²) >= 11 is 11.6. The molecular formula is C8H6Cl2N2O2S. The van der Waals surface area contributed by atoms with Gasteiger partial charge in [0, 0.05) is 12.6 Å². The van der Waals surface area contributed by atoms with Crippen LogP contribution in [0.1, 0.15) is 5.56 Å². The van der Waals surface area contributed by atoms with Crippen molar-refractivity contribution in [2.45, 2.75) is 4.90 Å². The molecule has 0 saturated heterocycles. The number of benzene rings is 1. The molecule has 0 amide bonds. The van der Waals surface area contributed by atoms with Crippen LogP contribution in [0.15, 0.2) is 22.1 Å². The smallest absolute Gasteiger partial charge is 0.200 e. The van der Waals surface area contributed by atoms with Gasteiger partial charge in [-0.2, -0.15) is 17.9 Å². The van der Waals surface area contributed by atoms with Gasteiger partial charge in [-0.15, -0.1) is 0 Å². The van der Waals surface area contributed by atoms with E-state index in [2.05, 4.69) is 5.10 Å². The van der Waals surface area contributed by atoms with Crippen LogP contribution in [0.2, 0.25) is 10.0 Å². The lowest BCUT2D eigenvalue weighted by Gasteiger charge is -2.20. The van der Waals surface area contributed by atoms with Crippen molar-refractivity contribution >= 4 is 39.4 Å². The minimum atomic E-state index is -3.65. The molecule has 1 aliphatic rings. The molecule has 15 heavy (non-hydrogen) atoms. The van der Waals surface area contributed by atoms with E-state index in [0.29, 0.717) is 5.56 Å². The van der Waals surface area contributed by atoms with E-state index in [9.17, 15) is 8.42 Å². The molecule has 1 aromatic rings. The van der Waals surface area contributed by atoms with Gasteiger partial charge in [-0.3, -0.25) is 0 Å². The van der Waals surface area contributed by atoms with Crippen molar-refractivity contribution in [1.29, 1.82) is 0 Å². The van der Waals surface area contributed by atoms with Crippen molar-refractivity contribution in [3.8, 4) is 0 Å². The van der Waals surface area contributed by atoms with Crippen molar-refractivity contribution in [2.75, 3.05) is 7.05 Å². The van der Waals surface area contributed by atoms with Gasteiger partial charge in [0.2, 0.25) is 0 Å². The fraction of sp³-hybridized carbons (Fsp3) is 0.125. The Kier molecular flexibility index (Phi) is 2.41. The molecule has 0 bridgehead atoms. The molecule has 1 aliphatic heterocycles. The summed E-state index contributed by atoms with van der Waals surface area (Å²) in [4.78, 5) is 0.00849. The van der Waals surface area contributed by atoms with E-state index in [-0.39, 0.29) is 14.9 Å². The predicted octanol–water partition coefficient (Wildman–Crippen LogP) is 1.96. The molecule has 1 aromatic carbocycles. The highest BCUT2D eigenvalue weighted by Crippen LogP contribution is 2.34. The van der Waals surface area contributed by atoms with Crippen molar-refractivity contribution < 1.29 is 8.42 Å². The molecule has 0 N–H and O–H groups in total. The minimum absolute atomic E-state index is 0.00849. The molecule has 80 valence electrons. The number of halogens is 2. The van der Waals surface area contributed by atoms with Gasteiger partial charge >= 0.3 is 0 Å². The maximum absolute atomic E-state index is 11.8. The van der Waals surface area contributed by atoms with Crippen LogP contribution in [-0.4, -0.2) is 26.1 Å². The molecule has 0 fully saturated rings. The number of rotatable bonds is 0. The van der Waals surface area contributed by atoms with E-state index in [1.165, 1.54) is 19.3 Å². The Balaban J connectivity index is 2.86. The van der Waals surface area contributed by atoms with Gasteiger partial charge in [0.05, 0.1) is 16.3 Å². The highest BCUT2D eigenvalue weighted by Gasteiger charge is 2.29. The summed E-state index contributed by atoms with van der Waals surface area (Å²) < 4.78 is 24.6. The summed E-state index contributed by atoms with van der Waals surface area (Å²) in [6.07, 6.45) is 1.43. The summed E-state index contributed by atoms with van der Waals surface area (Å²) in [5.41, 5.74) is 0.447. The molecule has 0 unspecified atom stereocenters. The van der Waals surface area contributed by atoms with Crippen molar-refractivity contribution in [1.82, 2.24) is 4.41 Å². The van der Waals surface area contributed by atoms with Crippen molar-refractivity contribution in [3.63, 3.8) is 0 Å². The van der Waals surface area contributed by atoms with Crippen LogP contribution in [-0.2, 0) is 10.0 Å². The van der Waals surface area contributed by atoms with E-state index in [1.54, 1.807) is 6.07 Å². The Labute approximate surface area is 97.1 Å². The number of sulfonamides is 1. The molecule has 7 heteroatoms. The lowest BCUT2D eigenvalue weighted by atomic mass is 10.2. The number of nitrogens with zero attached hydrogens (tertiary/aromatic N) is 2. The van der Waals surface area contributed by atoms with Gasteiger partial charge in [0.15, 0.2) is 0 Å². The zero-order chi connectivity index (χ0) is 11.2. The summed E-state index contributed by atoms with van der Waals surface area (Å²) in [5, 5.41) is 3.96. The van der Waals surface area contributed by atoms with Gasteiger partial charge in [-0.05, 0) is 6.07 Å². The summed E-state index contributed by atoms with van der Waals surface area (Å²) in [7, 11) is -2.32. The van der Waals surface area contributed by atoms with Crippen LogP contribution in [0.4, 0.5) is 0 Å². The third-order valence-corrected chi connectivity index (χ3v) is 4.71. The molecule has 0 saturated carbocycles. The monoisotopic (exact) mass is 264 g/mol. The molecule has 1 heterocycles. The first-order chi connectivity index (χ1) is 6.94. The minimum Gasteiger partial charge on any atom is -0.200 e. The van der Waals surface area contributed by atoms with Crippen LogP contribution in [0, 0.1) is 0 Å². The van der Waals surface area contributed by atoms with Crippen LogP contribution >= 0.6 is 23.2 Å². The first-order valence-electron chi connectivity index (χ1n) is 3.95. The number of fused-ring (bicyclic) bond motifs is 1. The second-order valence-corrected chi connectivity index (χ2v) is 5.64. The molecule has 0 aliphatic carbocycles. The van der Waals surface area contributed by atoms with E-state index in [1.807, 2.05) is 0 Å². The SMILES string of the molecule is CN1N=Cc2ccc(Cl)c(Cl)c2S1(=O)=O. The quantitative estimate of drug-likeness (QED) is 0.720. The third kappa shape index (κ3) is 1.51. The predicted molar refractivity (Wildman–Crippen MR) is 59.0 cm³/mol. The zero-order valence-corrected chi connectivity index (χ0v) is 9.94. The summed E-state index contributed by atoms with van der Waals surface area (Å²) in [5.74, 6) is 0. The molecular weight excluding hydrogens is 259 g/mol. The van der Waals surface area contributed by atoms with Gasteiger partial charge in [-0.1, -0.05) is 29.3 Å². The van der Waals surface area contributed by atoms with E-state index >= 15 is 0 Å². The number of hydrazone groups is 1. The maximum atomic E-state index is 11.8. The average molecular weight is 265 g/mol. The first kappa shape index (κ1) is 10.7. The van der Waals surface area contributed by atoms with Gasteiger partial charge < -0.3 is 0 Å². The molecule has 0 spiro atoms. The second kappa shape index (κ2) is 3.37. The molecule has 0 radical (unpaired) electrons. The molecule has 0 aromatic heterocycles. The topological polar surface area (TPSA) is 49.7 Å². The fourth-order valence-corrected chi connectivity index (χ4v) is 3.12. The summed E-state index contributed by atoms with van der Waals surface area (Å²) in [6.45, 7) is 0. The van der Waals surface area contributed by atoms with Gasteiger partial charge in [-0.25, -0.2) is 0 Å². The highest BCUT2D eigenvalue weighted by atomic mass is 35.5. The maximum Gasteiger partial charge on any atom is 0.280 e. The number of hydrogen-bond donors (Lipinski definition) is 0. The first-order valence-corrected chi connectivity index (χ1v) is 6.15. The summed E-state index contributed by atoms with van der Waals surface area (Å²) in [6, 6.07) is 3.10. The second-order valence-electron chi connectivity index (χ2n) is 2.96. The molecule has 4 nitrogen and oxygen atoms in total. The van der Waals surface area contributed by atoms with Crippen LogP contribution in [0.3, 0.4) is 0 Å². The molecule has 2 rings (SSSR count). The third-order valence-electron chi connectivity index (χ3n) is 2.05. The Morgan fingerprint density at radius 1 is 1.33 bits per heavy atom. The lowest BCUT2D eigenvalue weighted by molar-refractivity contribution is 0.487. The Morgan fingerprint density at radius 3 is 2.67 bits per heavy atom. The highest BCUT2D eigenvalue weighted by molar-refractivity contribution is 7.89. The van der Waals surface area contributed by atoms with Gasteiger partial charge in [0.1, 0.15) is 4.90 Å². The Bertz CT molecular complexity index is 554. The van der Waals surface area contributed by atoms with Crippen LogP contribution in [0.25, 0.3) is 0 Å². The Hall–Kier alpha value is -0.780. The standard InChI is InChI=1S/C8H6Cl2N2O2S/c1-12-11-4-5-2-3-6(9)7(10)8(5)15(12,13)14/h2-4H,1H3. The lowest BCUT2D eigenvalue weighted by Crippen LogP contribution is -2.26. The van der Waals surface area contributed by atoms with Crippen LogP contribution in [0.5, 0.6) is 0 Å². The normalized spacial score (nSPS) is 17.7. The largest absolute Gasteiger partial charge is 0.280 e. The van der Waals surface area contributed by atoms with Crippen molar-refractivity contribution in [3.05, 3.63) is 27.7 Å². The van der Waals surface area contributed by atoms with E-state index in [0.717, 1.165) is 4.41 Å². The van der Waals surface area contributed by atoms with Gasteiger partial charge in [0.25, 0.3) is 10.0 Å². The molecule has 0 atom stereocenters. The average Bonchev–Trinajstić information content (AvgIpc) is 2.17. The van der Waals surface area contributed by atoms with E-state index < -0.39 is 10.0 Å². The van der Waals surface area contributed by atoms with Crippen molar-refractivity contribution in [2.24, 2.45) is 5.10 Å². The fourth-order valence-electron chi connectivity index (χ4n) is 1.25. The zero-order valence-electron chi connectivity index (χ0n) is 7.61. The Morgan fingerprint density at radius 2 is 2.00 bits per heavy atom. The van der Waals surface area contributed by atoms with E-state index in [4.69, 9.17) is 23.2 Å². The van der Waals surface area contributed by atoms with Crippen LogP contribution < -0.4 is 0 Å². The number of hydrogen-bond acceptors (Lipinski definition) is 3.